The molecule has 0 bridgehead atoms. The minimum atomic E-state index is -0.610. The van der Waals surface area contributed by atoms with E-state index in [0.29, 0.717) is 31.6 Å². The zero-order valence-corrected chi connectivity index (χ0v) is 18.0. The fourth-order valence-electron chi connectivity index (χ4n) is 3.15. The Morgan fingerprint density at radius 1 is 1.03 bits per heavy atom. The monoisotopic (exact) mass is 459 g/mol. The maximum absolute atomic E-state index is 13.3. The molecule has 0 spiro atoms. The molecule has 4 rings (SSSR count). The Morgan fingerprint density at radius 2 is 1.73 bits per heavy atom. The third kappa shape index (κ3) is 3.67. The minimum Gasteiger partial charge on any atom is -0.314 e. The number of aromatic nitrogens is 2. The Morgan fingerprint density at radius 3 is 2.43 bits per heavy atom. The van der Waals surface area contributed by atoms with E-state index in [1.54, 1.807) is 61.0 Å². The maximum atomic E-state index is 13.3. The van der Waals surface area contributed by atoms with Gasteiger partial charge in [-0.25, -0.2) is 9.36 Å². The van der Waals surface area contributed by atoms with Gasteiger partial charge in [0.15, 0.2) is 0 Å². The molecule has 2 aromatic heterocycles. The van der Waals surface area contributed by atoms with Gasteiger partial charge in [-0.1, -0.05) is 35.3 Å². The SMILES string of the molecule is CN(C(=O)Cn1c(=O)n(-c2cccc(Cl)c2)c(=O)c2sccc21)c1cccc(Cl)c1. The number of thiophene rings is 1. The van der Waals surface area contributed by atoms with Gasteiger partial charge < -0.3 is 4.90 Å². The fraction of sp³-hybridized carbons (Fsp3) is 0.0952. The molecule has 152 valence electrons. The average Bonchev–Trinajstić information content (AvgIpc) is 3.21. The highest BCUT2D eigenvalue weighted by molar-refractivity contribution is 7.17. The third-order valence-corrected chi connectivity index (χ3v) is 6.05. The van der Waals surface area contributed by atoms with E-state index in [0.717, 1.165) is 4.57 Å². The lowest BCUT2D eigenvalue weighted by atomic mass is 10.3. The first-order chi connectivity index (χ1) is 14.4. The summed E-state index contributed by atoms with van der Waals surface area (Å²) in [6, 6.07) is 15.0. The third-order valence-electron chi connectivity index (χ3n) is 4.68. The predicted octanol–water partition coefficient (Wildman–Crippen LogP) is 4.18. The molecule has 2 heterocycles. The van der Waals surface area contributed by atoms with Crippen LogP contribution in [0.1, 0.15) is 0 Å². The number of carbonyl (C=O) groups excluding carboxylic acids is 1. The zero-order valence-electron chi connectivity index (χ0n) is 15.7. The Hall–Kier alpha value is -2.87. The van der Waals surface area contributed by atoms with E-state index in [9.17, 15) is 14.4 Å². The van der Waals surface area contributed by atoms with Crippen molar-refractivity contribution in [2.75, 3.05) is 11.9 Å². The highest BCUT2D eigenvalue weighted by Crippen LogP contribution is 2.20. The summed E-state index contributed by atoms with van der Waals surface area (Å²) in [5, 5.41) is 2.61. The predicted molar refractivity (Wildman–Crippen MR) is 122 cm³/mol. The lowest BCUT2D eigenvalue weighted by Crippen LogP contribution is -2.41. The number of fused-ring (bicyclic) bond motifs is 1. The molecule has 1 amide bonds. The van der Waals surface area contributed by atoms with Gasteiger partial charge in [-0.2, -0.15) is 0 Å². The Bertz CT molecular complexity index is 1390. The van der Waals surface area contributed by atoms with Crippen LogP contribution in [-0.2, 0) is 11.3 Å². The smallest absolute Gasteiger partial charge is 0.314 e. The normalized spacial score (nSPS) is 11.0. The van der Waals surface area contributed by atoms with Crippen LogP contribution in [0, 0.1) is 0 Å². The second-order valence-corrected chi connectivity index (χ2v) is 8.35. The highest BCUT2D eigenvalue weighted by Gasteiger charge is 2.20. The van der Waals surface area contributed by atoms with Crippen LogP contribution in [0.4, 0.5) is 5.69 Å². The van der Waals surface area contributed by atoms with Gasteiger partial charge >= 0.3 is 5.69 Å². The van der Waals surface area contributed by atoms with Crippen LogP contribution in [0.2, 0.25) is 10.0 Å². The van der Waals surface area contributed by atoms with Gasteiger partial charge in [0.05, 0.1) is 11.2 Å². The number of hydrogen-bond donors (Lipinski definition) is 0. The molecule has 0 radical (unpaired) electrons. The standard InChI is InChI=1S/C21H15Cl2N3O3S/c1-24(15-6-2-4-13(22)10-15)18(27)12-25-17-8-9-30-19(17)20(28)26(21(25)29)16-7-3-5-14(23)11-16/h2-11H,12H2,1H3. The number of amides is 1. The van der Waals surface area contributed by atoms with E-state index < -0.39 is 11.2 Å². The minimum absolute atomic E-state index is 0.240. The number of likely N-dealkylation sites (N-methyl/N-ethyl adjacent to an activating group) is 1. The lowest BCUT2D eigenvalue weighted by Gasteiger charge is -2.19. The summed E-state index contributed by atoms with van der Waals surface area (Å²) >= 11 is 13.3. The van der Waals surface area contributed by atoms with Crippen molar-refractivity contribution >= 4 is 56.3 Å². The van der Waals surface area contributed by atoms with E-state index in [-0.39, 0.29) is 12.5 Å². The van der Waals surface area contributed by atoms with Crippen molar-refractivity contribution in [2.24, 2.45) is 0 Å². The molecule has 0 aliphatic heterocycles. The molecule has 0 saturated heterocycles. The van der Waals surface area contributed by atoms with Crippen molar-refractivity contribution in [1.82, 2.24) is 9.13 Å². The van der Waals surface area contributed by atoms with Crippen LogP contribution in [0.5, 0.6) is 0 Å². The molecule has 0 N–H and O–H groups in total. The van der Waals surface area contributed by atoms with Gasteiger partial charge in [-0.15, -0.1) is 11.3 Å². The van der Waals surface area contributed by atoms with Gasteiger partial charge in [0.2, 0.25) is 5.91 Å². The van der Waals surface area contributed by atoms with Gasteiger partial charge in [0.1, 0.15) is 11.2 Å². The molecular formula is C21H15Cl2N3O3S. The van der Waals surface area contributed by atoms with Crippen molar-refractivity contribution in [3.8, 4) is 5.69 Å². The number of nitrogens with zero attached hydrogens (tertiary/aromatic N) is 3. The van der Waals surface area contributed by atoms with Gasteiger partial charge in [-0.3, -0.25) is 14.2 Å². The van der Waals surface area contributed by atoms with Crippen molar-refractivity contribution in [1.29, 1.82) is 0 Å². The van der Waals surface area contributed by atoms with Crippen LogP contribution < -0.4 is 16.1 Å². The van der Waals surface area contributed by atoms with Crippen LogP contribution in [0.25, 0.3) is 15.9 Å². The molecule has 0 aliphatic rings. The molecule has 9 heteroatoms. The zero-order chi connectivity index (χ0) is 21.4. The van der Waals surface area contributed by atoms with Crippen molar-refractivity contribution in [3.63, 3.8) is 0 Å². The molecule has 2 aromatic carbocycles. The number of hydrogen-bond acceptors (Lipinski definition) is 4. The Balaban J connectivity index is 1.83. The number of rotatable bonds is 4. The molecule has 0 unspecified atom stereocenters. The Labute approximate surface area is 185 Å². The van der Waals surface area contributed by atoms with Gasteiger partial charge in [-0.05, 0) is 47.8 Å². The number of carbonyl (C=O) groups is 1. The summed E-state index contributed by atoms with van der Waals surface area (Å²) in [6.07, 6.45) is 0. The molecule has 30 heavy (non-hydrogen) atoms. The largest absolute Gasteiger partial charge is 0.336 e. The second-order valence-electron chi connectivity index (χ2n) is 6.56. The van der Waals surface area contributed by atoms with Crippen molar-refractivity contribution in [3.05, 3.63) is 90.9 Å². The molecule has 0 atom stereocenters. The lowest BCUT2D eigenvalue weighted by molar-refractivity contribution is -0.118. The number of halogens is 2. The van der Waals surface area contributed by atoms with Crippen LogP contribution in [0.3, 0.4) is 0 Å². The first-order valence-electron chi connectivity index (χ1n) is 8.88. The van der Waals surface area contributed by atoms with E-state index in [4.69, 9.17) is 23.2 Å². The summed E-state index contributed by atoms with van der Waals surface area (Å²) in [7, 11) is 1.61. The van der Waals surface area contributed by atoms with E-state index in [2.05, 4.69) is 0 Å². The van der Waals surface area contributed by atoms with E-state index in [1.165, 1.54) is 26.9 Å². The average molecular weight is 460 g/mol. The summed E-state index contributed by atoms with van der Waals surface area (Å²) in [6.45, 7) is -0.240. The summed E-state index contributed by atoms with van der Waals surface area (Å²) < 4.78 is 2.72. The topological polar surface area (TPSA) is 64.3 Å². The Kier molecular flexibility index (Phi) is 5.51. The van der Waals surface area contributed by atoms with Crippen LogP contribution in [0.15, 0.2) is 69.6 Å². The quantitative estimate of drug-likeness (QED) is 0.459. The summed E-state index contributed by atoms with van der Waals surface area (Å²) in [5.74, 6) is -0.330. The first kappa shape index (κ1) is 20.4. The van der Waals surface area contributed by atoms with Crippen LogP contribution >= 0.6 is 34.5 Å². The molecule has 4 aromatic rings. The van der Waals surface area contributed by atoms with Crippen LogP contribution in [-0.4, -0.2) is 22.1 Å². The number of benzene rings is 2. The molecule has 0 saturated carbocycles. The van der Waals surface area contributed by atoms with Crippen molar-refractivity contribution < 1.29 is 4.79 Å². The van der Waals surface area contributed by atoms with E-state index in [1.807, 2.05) is 0 Å². The van der Waals surface area contributed by atoms with E-state index >= 15 is 0 Å². The fourth-order valence-corrected chi connectivity index (χ4v) is 4.35. The molecule has 0 fully saturated rings. The number of anilines is 1. The molecule has 0 aliphatic carbocycles. The first-order valence-corrected chi connectivity index (χ1v) is 10.5. The molecule has 6 nitrogen and oxygen atoms in total. The van der Waals surface area contributed by atoms with Gasteiger partial charge in [0, 0.05) is 22.8 Å². The van der Waals surface area contributed by atoms with Crippen molar-refractivity contribution in [2.45, 2.75) is 6.54 Å². The summed E-state index contributed by atoms with van der Waals surface area (Å²) in [4.78, 5) is 40.6. The van der Waals surface area contributed by atoms with Gasteiger partial charge in [0.25, 0.3) is 5.56 Å². The second kappa shape index (κ2) is 8.10. The maximum Gasteiger partial charge on any atom is 0.336 e. The highest BCUT2D eigenvalue weighted by atomic mass is 35.5. The molecular weight excluding hydrogens is 445 g/mol. The summed E-state index contributed by atoms with van der Waals surface area (Å²) in [5.41, 5.74) is 0.309.